The van der Waals surface area contributed by atoms with E-state index in [1.165, 1.54) is 0 Å². The molecule has 0 atom stereocenters. The molecule has 0 unspecified atom stereocenters. The number of hydrogen-bond acceptors (Lipinski definition) is 1. The van der Waals surface area contributed by atoms with Crippen molar-refractivity contribution in [3.8, 4) is 0 Å². The normalized spacial score (nSPS) is 7.38. The summed E-state index contributed by atoms with van der Waals surface area (Å²) in [6.45, 7) is 0. The minimum absolute atomic E-state index is 0. The third-order valence-electron chi connectivity index (χ3n) is 0. The predicted octanol–water partition coefficient (Wildman–Crippen LogP) is -3.82. The Morgan fingerprint density at radius 1 is 1.25 bits per heavy atom. The zero-order valence-electron chi connectivity index (χ0n) is 5.08. The molecule has 0 aliphatic rings. The molecule has 8 heavy (non-hydrogen) atoms. The van der Waals surface area contributed by atoms with Gasteiger partial charge in [0.05, 0.1) is 0 Å². The van der Waals surface area contributed by atoms with Crippen molar-refractivity contribution in [1.82, 2.24) is 0 Å². The summed E-state index contributed by atoms with van der Waals surface area (Å²) < 4.78 is 8.88. The molecular formula is H4LiMnO4PTi. The van der Waals surface area contributed by atoms with Gasteiger partial charge in [-0.2, -0.15) is 0 Å². The van der Waals surface area contributed by atoms with Crippen LogP contribution in [0.1, 0.15) is 1.43 Å². The molecule has 0 aliphatic carbocycles. The average Bonchev–Trinajstić information content (AvgIpc) is 0.722. The summed E-state index contributed by atoms with van der Waals surface area (Å²) >= 11 is 0. The quantitative estimate of drug-likeness (QED) is 0.282. The van der Waals surface area contributed by atoms with Gasteiger partial charge in [-0.25, -0.2) is 4.57 Å². The first-order valence-corrected chi connectivity index (χ1v) is 2.35. The number of hydrogen-bond donors (Lipinski definition) is 3. The number of rotatable bonds is 0. The molecule has 1 radical (unpaired) electrons. The molecule has 0 bridgehead atoms. The van der Waals surface area contributed by atoms with Gasteiger partial charge in [-0.05, 0) is 0 Å². The van der Waals surface area contributed by atoms with Crippen LogP contribution in [0, 0.1) is 0 Å². The monoisotopic (exact) mass is 209 g/mol. The summed E-state index contributed by atoms with van der Waals surface area (Å²) in [7, 11) is -4.64. The summed E-state index contributed by atoms with van der Waals surface area (Å²) in [5.41, 5.74) is 0. The van der Waals surface area contributed by atoms with Crippen LogP contribution in [0.5, 0.6) is 0 Å². The summed E-state index contributed by atoms with van der Waals surface area (Å²) in [6, 6.07) is 0. The van der Waals surface area contributed by atoms with Crippen molar-refractivity contribution in [2.45, 2.75) is 0 Å². The van der Waals surface area contributed by atoms with Crippen LogP contribution in [0.15, 0.2) is 0 Å². The Hall–Kier alpha value is 1.94. The van der Waals surface area contributed by atoms with E-state index in [1.807, 2.05) is 0 Å². The summed E-state index contributed by atoms with van der Waals surface area (Å²) in [5.74, 6) is 0. The second-order valence-electron chi connectivity index (χ2n) is 0.513. The van der Waals surface area contributed by atoms with E-state index in [1.54, 1.807) is 0 Å². The first-order chi connectivity index (χ1) is 2.00. The zero-order chi connectivity index (χ0) is 4.50. The van der Waals surface area contributed by atoms with Crippen LogP contribution in [-0.4, -0.2) is 14.7 Å². The van der Waals surface area contributed by atoms with Crippen LogP contribution >= 0.6 is 7.82 Å². The van der Waals surface area contributed by atoms with E-state index in [-0.39, 0.29) is 59.1 Å². The molecule has 3 N–H and O–H groups in total. The maximum Gasteiger partial charge on any atom is 1.00 e. The Kier molecular flexibility index (Phi) is 25.2. The predicted molar refractivity (Wildman–Crippen MR) is 15.4 cm³/mol. The zero-order valence-corrected chi connectivity index (χ0v) is 7.71. The molecule has 0 rings (SSSR count). The summed E-state index contributed by atoms with van der Waals surface area (Å²) in [4.78, 5) is 21.6. The molecule has 0 aromatic heterocycles. The van der Waals surface area contributed by atoms with E-state index in [2.05, 4.69) is 0 Å². The average molecular weight is 209 g/mol. The van der Waals surface area contributed by atoms with Gasteiger partial charge >= 0.3 is 26.7 Å². The van der Waals surface area contributed by atoms with Crippen LogP contribution in [0.25, 0.3) is 0 Å². The molecule has 0 heterocycles. The van der Waals surface area contributed by atoms with Crippen molar-refractivity contribution in [3.63, 3.8) is 0 Å². The van der Waals surface area contributed by atoms with Crippen LogP contribution in [0.2, 0.25) is 0 Å². The van der Waals surface area contributed by atoms with Crippen molar-refractivity contribution in [2.24, 2.45) is 0 Å². The van der Waals surface area contributed by atoms with Crippen molar-refractivity contribution >= 4 is 7.82 Å². The smallest absolute Gasteiger partial charge is 1.00 e. The fourth-order valence-corrected chi connectivity index (χ4v) is 0. The Labute approximate surface area is 85.7 Å². The van der Waals surface area contributed by atoms with Gasteiger partial charge in [0, 0.05) is 38.8 Å². The van der Waals surface area contributed by atoms with Crippen LogP contribution in [-0.2, 0) is 43.4 Å². The van der Waals surface area contributed by atoms with Crippen LogP contribution < -0.4 is 18.9 Å². The molecule has 0 spiro atoms. The second-order valence-corrected chi connectivity index (χ2v) is 1.54. The molecular weight excluding hydrogens is 205 g/mol. The first kappa shape index (κ1) is 22.5. The summed E-state index contributed by atoms with van der Waals surface area (Å²) in [5, 5.41) is 0. The minimum atomic E-state index is -4.64. The first-order valence-electron chi connectivity index (χ1n) is 0.783. The van der Waals surface area contributed by atoms with E-state index >= 15 is 0 Å². The largest absolute Gasteiger partial charge is 1.00 e. The molecule has 45 valence electrons. The van der Waals surface area contributed by atoms with Gasteiger partial charge in [0.2, 0.25) is 0 Å². The van der Waals surface area contributed by atoms with Gasteiger partial charge in [0.1, 0.15) is 0 Å². The maximum absolute atomic E-state index is 8.88. The second kappa shape index (κ2) is 8.94. The SMILES string of the molecule is O=P(O)(O)O.[H-].[Li+].[Mn].[Ti]. The molecule has 0 saturated heterocycles. The number of phosphoric acid groups is 1. The third-order valence-corrected chi connectivity index (χ3v) is 0. The topological polar surface area (TPSA) is 77.8 Å². The van der Waals surface area contributed by atoms with Crippen LogP contribution in [0.4, 0.5) is 0 Å². The fourth-order valence-electron chi connectivity index (χ4n) is 0. The fraction of sp³-hybridized carbons (Fsp3) is 0. The van der Waals surface area contributed by atoms with Gasteiger partial charge in [0.25, 0.3) is 0 Å². The van der Waals surface area contributed by atoms with Gasteiger partial charge in [-0.1, -0.05) is 0 Å². The standard InChI is InChI=1S/Li.Mn.H3O4P.Ti.H/c;;1-5(2,3)4;;/h;;(H3,1,2,3,4);;/q+1;;;;-1. The molecule has 8 heteroatoms. The van der Waals surface area contributed by atoms with E-state index < -0.39 is 7.82 Å². The van der Waals surface area contributed by atoms with E-state index in [0.717, 1.165) is 0 Å². The molecule has 0 aromatic rings. The Balaban J connectivity index is -0.0000000133. The van der Waals surface area contributed by atoms with E-state index in [9.17, 15) is 0 Å². The Bertz CT molecular complexity index is 66.7. The van der Waals surface area contributed by atoms with E-state index in [4.69, 9.17) is 19.2 Å². The molecule has 4 nitrogen and oxygen atoms in total. The molecule has 0 amide bonds. The molecule has 0 aliphatic heterocycles. The van der Waals surface area contributed by atoms with Crippen molar-refractivity contribution in [3.05, 3.63) is 0 Å². The van der Waals surface area contributed by atoms with Gasteiger partial charge in [0.15, 0.2) is 0 Å². The molecule has 0 aromatic carbocycles. The third kappa shape index (κ3) is 102. The van der Waals surface area contributed by atoms with E-state index in [0.29, 0.717) is 0 Å². The Morgan fingerprint density at radius 3 is 1.25 bits per heavy atom. The summed E-state index contributed by atoms with van der Waals surface area (Å²) in [6.07, 6.45) is 0. The maximum atomic E-state index is 8.88. The van der Waals surface area contributed by atoms with Gasteiger partial charge in [-0.15, -0.1) is 0 Å². The Morgan fingerprint density at radius 2 is 1.25 bits per heavy atom. The van der Waals surface area contributed by atoms with Gasteiger partial charge in [-0.3, -0.25) is 0 Å². The molecule has 0 saturated carbocycles. The van der Waals surface area contributed by atoms with Crippen molar-refractivity contribution in [1.29, 1.82) is 0 Å². The molecule has 0 fully saturated rings. The van der Waals surface area contributed by atoms with Crippen molar-refractivity contribution in [2.75, 3.05) is 0 Å². The van der Waals surface area contributed by atoms with Crippen molar-refractivity contribution < 1.29 is 78.3 Å². The van der Waals surface area contributed by atoms with Crippen LogP contribution in [0.3, 0.4) is 0 Å². The minimum Gasteiger partial charge on any atom is -1.00 e. The van der Waals surface area contributed by atoms with Gasteiger partial charge < -0.3 is 16.1 Å².